The van der Waals surface area contributed by atoms with Gasteiger partial charge < -0.3 is 10.0 Å². The molecule has 1 amide bonds. The third-order valence-corrected chi connectivity index (χ3v) is 5.05. The van der Waals surface area contributed by atoms with Crippen LogP contribution in [0.1, 0.15) is 34.5 Å². The number of aromatic nitrogens is 2. The zero-order chi connectivity index (χ0) is 18.3. The fourth-order valence-corrected chi connectivity index (χ4v) is 3.49. The maximum absolute atomic E-state index is 13.3. The fourth-order valence-electron chi connectivity index (χ4n) is 3.49. The molecule has 0 spiro atoms. The molecule has 1 N–H and O–H groups in total. The number of fused-ring (bicyclic) bond motifs is 1. The molecule has 0 bridgehead atoms. The molecule has 0 radical (unpaired) electrons. The Balaban J connectivity index is 1.85. The van der Waals surface area contributed by atoms with Crippen LogP contribution in [0.15, 0.2) is 42.6 Å². The van der Waals surface area contributed by atoms with Crippen LogP contribution in [0.3, 0.4) is 0 Å². The van der Waals surface area contributed by atoms with Crippen LogP contribution in [0.2, 0.25) is 0 Å². The van der Waals surface area contributed by atoms with E-state index in [0.29, 0.717) is 37.3 Å². The topological polar surface area (TPSA) is 57.8 Å². The molecule has 0 aliphatic carbocycles. The van der Waals surface area contributed by atoms with Gasteiger partial charge in [-0.1, -0.05) is 35.9 Å². The number of carbonyl (C=O) groups excluding carboxylic acids is 1. The van der Waals surface area contributed by atoms with Gasteiger partial charge in [-0.25, -0.2) is 4.98 Å². The number of amides is 1. The number of carbonyl (C=O) groups is 1. The maximum Gasteiger partial charge on any atom is 0.273 e. The Labute approximate surface area is 152 Å². The average molecular weight is 349 g/mol. The van der Waals surface area contributed by atoms with Crippen molar-refractivity contribution < 1.29 is 9.90 Å². The molecular weight excluding hydrogens is 326 g/mol. The Bertz CT molecular complexity index is 951. The van der Waals surface area contributed by atoms with Gasteiger partial charge in [0.2, 0.25) is 0 Å². The number of benzene rings is 1. The van der Waals surface area contributed by atoms with Crippen LogP contribution in [0.4, 0.5) is 0 Å². The summed E-state index contributed by atoms with van der Waals surface area (Å²) in [5.41, 5.74) is 5.28. The summed E-state index contributed by atoms with van der Waals surface area (Å²) in [6, 6.07) is 12.1. The molecule has 1 aliphatic heterocycles. The predicted octanol–water partition coefficient (Wildman–Crippen LogP) is 3.22. The highest BCUT2D eigenvalue weighted by atomic mass is 16.3. The molecule has 1 saturated heterocycles. The largest absolute Gasteiger partial charge is 0.393 e. The SMILES string of the molecule is Cc1ccc(-c2nc3ccc(C)cn3c2C(=O)N2CCC(O)CC2)cc1. The molecule has 1 aliphatic rings. The van der Waals surface area contributed by atoms with Crippen molar-refractivity contribution in [2.75, 3.05) is 13.1 Å². The monoisotopic (exact) mass is 349 g/mol. The van der Waals surface area contributed by atoms with Crippen LogP contribution in [-0.4, -0.2) is 44.5 Å². The van der Waals surface area contributed by atoms with Gasteiger partial charge in [0.1, 0.15) is 17.0 Å². The lowest BCUT2D eigenvalue weighted by Crippen LogP contribution is -2.40. The Hall–Kier alpha value is -2.66. The summed E-state index contributed by atoms with van der Waals surface area (Å²) in [4.78, 5) is 19.9. The standard InChI is InChI=1S/C21H23N3O2/c1-14-3-6-16(7-4-14)19-20(21(26)23-11-9-17(25)10-12-23)24-13-15(2)5-8-18(24)22-19/h3-8,13,17,25H,9-12H2,1-2H3. The molecule has 3 aromatic rings. The van der Waals surface area contributed by atoms with Crippen molar-refractivity contribution in [3.05, 3.63) is 59.4 Å². The summed E-state index contributed by atoms with van der Waals surface area (Å²) < 4.78 is 1.90. The van der Waals surface area contributed by atoms with E-state index in [1.165, 1.54) is 5.56 Å². The number of piperidine rings is 1. The van der Waals surface area contributed by atoms with Crippen LogP contribution < -0.4 is 0 Å². The highest BCUT2D eigenvalue weighted by Gasteiger charge is 2.28. The van der Waals surface area contributed by atoms with Crippen LogP contribution in [0, 0.1) is 13.8 Å². The van der Waals surface area contributed by atoms with E-state index in [9.17, 15) is 9.90 Å². The van der Waals surface area contributed by atoms with E-state index in [1.807, 2.05) is 65.7 Å². The number of likely N-dealkylation sites (tertiary alicyclic amines) is 1. The van der Waals surface area contributed by atoms with Crippen molar-refractivity contribution in [3.8, 4) is 11.3 Å². The second kappa shape index (κ2) is 6.57. The number of hydrogen-bond donors (Lipinski definition) is 1. The zero-order valence-corrected chi connectivity index (χ0v) is 15.1. The first-order chi connectivity index (χ1) is 12.5. The number of nitrogens with zero attached hydrogens (tertiary/aromatic N) is 3. The van der Waals surface area contributed by atoms with E-state index in [2.05, 4.69) is 0 Å². The summed E-state index contributed by atoms with van der Waals surface area (Å²) in [5.74, 6) is -0.0226. The van der Waals surface area contributed by atoms with Gasteiger partial charge in [0.05, 0.1) is 6.10 Å². The molecule has 5 heteroatoms. The molecule has 0 unspecified atom stereocenters. The van der Waals surface area contributed by atoms with Gasteiger partial charge in [0.25, 0.3) is 5.91 Å². The second-order valence-electron chi connectivity index (χ2n) is 7.13. The van der Waals surface area contributed by atoms with Crippen molar-refractivity contribution in [3.63, 3.8) is 0 Å². The highest BCUT2D eigenvalue weighted by Crippen LogP contribution is 2.27. The second-order valence-corrected chi connectivity index (χ2v) is 7.13. The van der Waals surface area contributed by atoms with E-state index >= 15 is 0 Å². The Kier molecular flexibility index (Phi) is 4.24. The van der Waals surface area contributed by atoms with Gasteiger partial charge in [-0.15, -0.1) is 0 Å². The van der Waals surface area contributed by atoms with Gasteiger partial charge >= 0.3 is 0 Å². The first kappa shape index (κ1) is 16.8. The maximum atomic E-state index is 13.3. The minimum absolute atomic E-state index is 0.0226. The summed E-state index contributed by atoms with van der Waals surface area (Å²) >= 11 is 0. The highest BCUT2D eigenvalue weighted by molar-refractivity contribution is 5.99. The van der Waals surface area contributed by atoms with Crippen LogP contribution in [0.25, 0.3) is 16.9 Å². The lowest BCUT2D eigenvalue weighted by Gasteiger charge is -2.29. The van der Waals surface area contributed by atoms with Crippen molar-refractivity contribution in [1.82, 2.24) is 14.3 Å². The van der Waals surface area contributed by atoms with Crippen LogP contribution in [0.5, 0.6) is 0 Å². The number of aryl methyl sites for hydroxylation is 2. The number of hydrogen-bond acceptors (Lipinski definition) is 3. The smallest absolute Gasteiger partial charge is 0.273 e. The van der Waals surface area contributed by atoms with Crippen molar-refractivity contribution in [2.24, 2.45) is 0 Å². The third-order valence-electron chi connectivity index (χ3n) is 5.05. The molecule has 1 aromatic carbocycles. The summed E-state index contributed by atoms with van der Waals surface area (Å²) in [5, 5.41) is 9.75. The molecular formula is C21H23N3O2. The first-order valence-electron chi connectivity index (χ1n) is 9.06. The van der Waals surface area contributed by atoms with E-state index in [0.717, 1.165) is 16.8 Å². The van der Waals surface area contributed by atoms with E-state index in [4.69, 9.17) is 4.98 Å². The Morgan fingerprint density at radius 2 is 1.69 bits per heavy atom. The zero-order valence-electron chi connectivity index (χ0n) is 15.1. The molecule has 134 valence electrons. The predicted molar refractivity (Wildman–Crippen MR) is 101 cm³/mol. The molecule has 3 heterocycles. The van der Waals surface area contributed by atoms with E-state index in [1.54, 1.807) is 0 Å². The van der Waals surface area contributed by atoms with Crippen molar-refractivity contribution in [1.29, 1.82) is 0 Å². The summed E-state index contributed by atoms with van der Waals surface area (Å²) in [6.45, 7) is 5.21. The number of pyridine rings is 1. The number of aliphatic hydroxyl groups is 1. The molecule has 4 rings (SSSR count). The van der Waals surface area contributed by atoms with E-state index < -0.39 is 0 Å². The fraction of sp³-hybridized carbons (Fsp3) is 0.333. The third kappa shape index (κ3) is 2.99. The minimum Gasteiger partial charge on any atom is -0.393 e. The average Bonchev–Trinajstić information content (AvgIpc) is 3.01. The minimum atomic E-state index is -0.306. The quantitative estimate of drug-likeness (QED) is 0.773. The van der Waals surface area contributed by atoms with Crippen LogP contribution in [-0.2, 0) is 0 Å². The van der Waals surface area contributed by atoms with E-state index in [-0.39, 0.29) is 12.0 Å². The Morgan fingerprint density at radius 3 is 2.38 bits per heavy atom. The van der Waals surface area contributed by atoms with Crippen molar-refractivity contribution >= 4 is 11.6 Å². The number of imidazole rings is 1. The number of aliphatic hydroxyl groups excluding tert-OH is 1. The van der Waals surface area contributed by atoms with Gasteiger partial charge in [0, 0.05) is 24.8 Å². The number of rotatable bonds is 2. The summed E-state index contributed by atoms with van der Waals surface area (Å²) in [7, 11) is 0. The molecule has 0 saturated carbocycles. The molecule has 2 aromatic heterocycles. The first-order valence-corrected chi connectivity index (χ1v) is 9.06. The van der Waals surface area contributed by atoms with Crippen LogP contribution >= 0.6 is 0 Å². The van der Waals surface area contributed by atoms with Gasteiger partial charge in [0.15, 0.2) is 0 Å². The molecule has 0 atom stereocenters. The lowest BCUT2D eigenvalue weighted by atomic mass is 10.1. The van der Waals surface area contributed by atoms with Gasteiger partial charge in [-0.2, -0.15) is 0 Å². The normalized spacial score (nSPS) is 15.6. The molecule has 26 heavy (non-hydrogen) atoms. The van der Waals surface area contributed by atoms with Gasteiger partial charge in [-0.3, -0.25) is 9.20 Å². The van der Waals surface area contributed by atoms with Gasteiger partial charge in [-0.05, 0) is 38.3 Å². The molecule has 1 fully saturated rings. The molecule has 5 nitrogen and oxygen atoms in total. The summed E-state index contributed by atoms with van der Waals surface area (Å²) in [6.07, 6.45) is 2.91. The lowest BCUT2D eigenvalue weighted by molar-refractivity contribution is 0.0541. The Morgan fingerprint density at radius 1 is 1.04 bits per heavy atom. The van der Waals surface area contributed by atoms with Crippen molar-refractivity contribution in [2.45, 2.75) is 32.8 Å².